The zero-order chi connectivity index (χ0) is 28.3. The third-order valence-corrected chi connectivity index (χ3v) is 6.99. The van der Waals surface area contributed by atoms with Crippen LogP contribution in [0.4, 0.5) is 20.5 Å². The molecular formula is C28H33BrF2N6O3. The van der Waals surface area contributed by atoms with Gasteiger partial charge >= 0.3 is 5.97 Å². The van der Waals surface area contributed by atoms with Gasteiger partial charge in [0.2, 0.25) is 5.95 Å². The first-order valence-electron chi connectivity index (χ1n) is 13.4. The third-order valence-electron chi connectivity index (χ3n) is 6.58. The number of pyridine rings is 1. The molecule has 0 radical (unpaired) electrons. The van der Waals surface area contributed by atoms with Gasteiger partial charge in [0, 0.05) is 55.9 Å². The molecule has 2 aromatic heterocycles. The maximum absolute atomic E-state index is 13.5. The Hall–Kier alpha value is -3.38. The summed E-state index contributed by atoms with van der Waals surface area (Å²) in [4.78, 5) is 27.0. The van der Waals surface area contributed by atoms with Crippen LogP contribution in [0.2, 0.25) is 0 Å². The fourth-order valence-electron chi connectivity index (χ4n) is 4.50. The van der Waals surface area contributed by atoms with Gasteiger partial charge in [0.05, 0.1) is 4.47 Å². The minimum absolute atomic E-state index is 0.113. The van der Waals surface area contributed by atoms with Crippen LogP contribution in [0.15, 0.2) is 47.2 Å². The summed E-state index contributed by atoms with van der Waals surface area (Å²) < 4.78 is 33.3. The Morgan fingerprint density at radius 3 is 2.65 bits per heavy atom. The summed E-state index contributed by atoms with van der Waals surface area (Å²) >= 11 is 3.26. The molecule has 1 aromatic carbocycles. The lowest BCUT2D eigenvalue weighted by Crippen LogP contribution is -2.37. The van der Waals surface area contributed by atoms with Crippen LogP contribution in [0.1, 0.15) is 36.9 Å². The first-order valence-corrected chi connectivity index (χ1v) is 14.2. The third kappa shape index (κ3) is 9.37. The topological polar surface area (TPSA) is 112 Å². The Morgan fingerprint density at radius 2 is 1.90 bits per heavy atom. The Balaban J connectivity index is 1.31. The van der Waals surface area contributed by atoms with Gasteiger partial charge in [-0.15, -0.1) is 0 Å². The second-order valence-corrected chi connectivity index (χ2v) is 10.6. The predicted molar refractivity (Wildman–Crippen MR) is 152 cm³/mol. The monoisotopic (exact) mass is 618 g/mol. The van der Waals surface area contributed by atoms with Crippen LogP contribution in [0.3, 0.4) is 0 Å². The molecule has 0 spiro atoms. The number of aromatic nitrogens is 3. The number of unbranched alkanes of at least 4 members (excludes halogenated alkanes) is 1. The van der Waals surface area contributed by atoms with Crippen molar-refractivity contribution in [1.29, 1.82) is 0 Å². The molecule has 4 rings (SSSR count). The van der Waals surface area contributed by atoms with Gasteiger partial charge in [-0.05, 0) is 72.6 Å². The molecule has 0 bridgehead atoms. The number of carbonyl (C=O) groups is 1. The number of carboxylic acids is 1. The number of aliphatic carboxylic acids is 1. The molecule has 0 unspecified atom stereocenters. The van der Waals surface area contributed by atoms with Crippen LogP contribution in [-0.4, -0.2) is 69.8 Å². The zero-order valence-electron chi connectivity index (χ0n) is 22.1. The molecule has 9 nitrogen and oxygen atoms in total. The molecular weight excluding hydrogens is 586 g/mol. The molecule has 3 aromatic rings. The first-order chi connectivity index (χ1) is 19.4. The Kier molecular flexibility index (Phi) is 11.0. The molecule has 0 amide bonds. The van der Waals surface area contributed by atoms with Gasteiger partial charge in [-0.3, -0.25) is 4.90 Å². The van der Waals surface area contributed by atoms with Crippen LogP contribution in [0, 0.1) is 11.6 Å². The highest BCUT2D eigenvalue weighted by Crippen LogP contribution is 2.20. The first kappa shape index (κ1) is 29.6. The van der Waals surface area contributed by atoms with Gasteiger partial charge in [0.15, 0.2) is 0 Å². The molecule has 3 N–H and O–H groups in total. The number of aryl methyl sites for hydroxylation is 2. The SMILES string of the molecule is O=C(O)[C@H](CCN(CCCCc1ccc2c(n1)NCCC2)CCOc1cc(F)cc(F)c1)Nc1ncc(Br)cn1. The van der Waals surface area contributed by atoms with E-state index in [-0.39, 0.29) is 18.3 Å². The summed E-state index contributed by atoms with van der Waals surface area (Å²) in [6.07, 6.45) is 8.16. The molecule has 12 heteroatoms. The molecule has 0 saturated heterocycles. The highest BCUT2D eigenvalue weighted by Gasteiger charge is 2.20. The van der Waals surface area contributed by atoms with Crippen molar-refractivity contribution in [1.82, 2.24) is 19.9 Å². The van der Waals surface area contributed by atoms with E-state index in [0.29, 0.717) is 30.5 Å². The summed E-state index contributed by atoms with van der Waals surface area (Å²) in [5.74, 6) is -1.09. The Bertz CT molecular complexity index is 1250. The lowest BCUT2D eigenvalue weighted by molar-refractivity contribution is -0.138. The van der Waals surface area contributed by atoms with Crippen LogP contribution in [0.5, 0.6) is 5.75 Å². The molecule has 1 atom stereocenters. The van der Waals surface area contributed by atoms with Crippen LogP contribution >= 0.6 is 15.9 Å². The summed E-state index contributed by atoms with van der Waals surface area (Å²) in [5, 5.41) is 16.0. The highest BCUT2D eigenvalue weighted by molar-refractivity contribution is 9.10. The second-order valence-electron chi connectivity index (χ2n) is 9.64. The molecule has 3 heterocycles. The van der Waals surface area contributed by atoms with Crippen LogP contribution in [0.25, 0.3) is 0 Å². The number of benzene rings is 1. The van der Waals surface area contributed by atoms with Crippen molar-refractivity contribution in [3.05, 3.63) is 70.1 Å². The number of halogens is 3. The molecule has 0 aliphatic carbocycles. The number of hydrogen-bond acceptors (Lipinski definition) is 8. The van der Waals surface area contributed by atoms with E-state index in [1.165, 1.54) is 5.56 Å². The van der Waals surface area contributed by atoms with Gasteiger partial charge in [-0.25, -0.2) is 28.5 Å². The van der Waals surface area contributed by atoms with Gasteiger partial charge in [0.1, 0.15) is 35.9 Å². The lowest BCUT2D eigenvalue weighted by Gasteiger charge is -2.24. The standard InChI is InChI=1S/C28H33BrF2N6O3/c29-20-17-33-28(34-18-20)36-25(27(38)39)8-11-37(12-13-40-24-15-21(30)14-22(31)16-24)10-2-1-5-23-7-6-19-4-3-9-32-26(19)35-23/h6-7,14-18,25H,1-5,8-13H2,(H,32,35)(H,38,39)(H,33,34,36)/t25-/m0/s1. The minimum atomic E-state index is -1.01. The smallest absolute Gasteiger partial charge is 0.326 e. The van der Waals surface area contributed by atoms with E-state index in [1.807, 2.05) is 0 Å². The number of nitrogens with one attached hydrogen (secondary N) is 2. The van der Waals surface area contributed by atoms with Crippen molar-refractivity contribution < 1.29 is 23.4 Å². The van der Waals surface area contributed by atoms with E-state index < -0.39 is 23.6 Å². The molecule has 0 fully saturated rings. The normalized spacial score (nSPS) is 13.4. The molecule has 1 aliphatic rings. The van der Waals surface area contributed by atoms with Crippen LogP contribution in [-0.2, 0) is 17.6 Å². The minimum Gasteiger partial charge on any atom is -0.492 e. The van der Waals surface area contributed by atoms with Crippen molar-refractivity contribution in [2.45, 2.75) is 44.6 Å². The fraction of sp³-hybridized carbons (Fsp3) is 0.429. The second kappa shape index (κ2) is 14.8. The van der Waals surface area contributed by atoms with Crippen molar-refractivity contribution in [3.8, 4) is 5.75 Å². The lowest BCUT2D eigenvalue weighted by atomic mass is 10.1. The highest BCUT2D eigenvalue weighted by atomic mass is 79.9. The number of fused-ring (bicyclic) bond motifs is 1. The average Bonchev–Trinajstić information content (AvgIpc) is 2.93. The van der Waals surface area contributed by atoms with Crippen LogP contribution < -0.4 is 15.4 Å². The number of anilines is 2. The van der Waals surface area contributed by atoms with E-state index in [1.54, 1.807) is 12.4 Å². The van der Waals surface area contributed by atoms with Gasteiger partial charge in [-0.1, -0.05) is 6.07 Å². The summed E-state index contributed by atoms with van der Waals surface area (Å²) in [6, 6.07) is 6.40. The maximum Gasteiger partial charge on any atom is 0.326 e. The van der Waals surface area contributed by atoms with E-state index in [4.69, 9.17) is 9.72 Å². The molecule has 214 valence electrons. The number of nitrogens with zero attached hydrogens (tertiary/aromatic N) is 4. The van der Waals surface area contributed by atoms with Crippen molar-refractivity contribution in [2.24, 2.45) is 0 Å². The summed E-state index contributed by atoms with van der Waals surface area (Å²) in [5.41, 5.74) is 2.30. The van der Waals surface area contributed by atoms with E-state index in [0.717, 1.165) is 68.4 Å². The van der Waals surface area contributed by atoms with Crippen molar-refractivity contribution in [2.75, 3.05) is 43.4 Å². The largest absolute Gasteiger partial charge is 0.492 e. The average molecular weight is 620 g/mol. The number of rotatable bonds is 15. The quantitative estimate of drug-likeness (QED) is 0.204. The summed E-state index contributed by atoms with van der Waals surface area (Å²) in [6.45, 7) is 2.76. The van der Waals surface area contributed by atoms with Gasteiger partial charge in [0.25, 0.3) is 0 Å². The van der Waals surface area contributed by atoms with Gasteiger partial charge in [-0.2, -0.15) is 0 Å². The fourth-order valence-corrected chi connectivity index (χ4v) is 4.71. The van der Waals surface area contributed by atoms with Gasteiger partial charge < -0.3 is 20.5 Å². The molecule has 0 saturated carbocycles. The zero-order valence-corrected chi connectivity index (χ0v) is 23.7. The van der Waals surface area contributed by atoms with E-state index >= 15 is 0 Å². The maximum atomic E-state index is 13.5. The van der Waals surface area contributed by atoms with Crippen molar-refractivity contribution in [3.63, 3.8) is 0 Å². The Morgan fingerprint density at radius 1 is 1.12 bits per heavy atom. The molecule has 1 aliphatic heterocycles. The summed E-state index contributed by atoms with van der Waals surface area (Å²) in [7, 11) is 0. The van der Waals surface area contributed by atoms with E-state index in [2.05, 4.69) is 53.6 Å². The number of carboxylic acid groups (broad SMARTS) is 1. The predicted octanol–water partition coefficient (Wildman–Crippen LogP) is 4.93. The Labute approximate surface area is 240 Å². The number of ether oxygens (including phenoxy) is 1. The molecule has 40 heavy (non-hydrogen) atoms. The van der Waals surface area contributed by atoms with Crippen molar-refractivity contribution >= 4 is 33.7 Å². The number of hydrogen-bond donors (Lipinski definition) is 3. The van der Waals surface area contributed by atoms with E-state index in [9.17, 15) is 18.7 Å².